The zero-order chi connectivity index (χ0) is 14.6. The van der Waals surface area contributed by atoms with Crippen molar-refractivity contribution in [2.45, 2.75) is 25.9 Å². The van der Waals surface area contributed by atoms with Crippen molar-refractivity contribution in [1.29, 1.82) is 0 Å². The molecule has 0 atom stereocenters. The lowest BCUT2D eigenvalue weighted by Gasteiger charge is -2.33. The molecule has 1 aromatic rings. The topological polar surface area (TPSA) is 50.2 Å². The standard InChI is InChI=1S/C13H21ClN4O/c1-6-7-18-12(19)11(14)10(8-16-18)15-9-13(2,3)17(4)5/h6,8,15H,1,7,9H2,2-5H3. The van der Waals surface area contributed by atoms with Crippen LogP contribution in [0, 0.1) is 0 Å². The third kappa shape index (κ3) is 3.81. The number of halogens is 1. The minimum atomic E-state index is -0.311. The molecule has 0 radical (unpaired) electrons. The van der Waals surface area contributed by atoms with Gasteiger partial charge in [-0.25, -0.2) is 4.68 Å². The SMILES string of the molecule is C=CCn1ncc(NCC(C)(C)N(C)C)c(Cl)c1=O. The number of nitrogens with one attached hydrogen (secondary N) is 1. The van der Waals surface area contributed by atoms with Crippen LogP contribution in [0.25, 0.3) is 0 Å². The summed E-state index contributed by atoms with van der Waals surface area (Å²) >= 11 is 6.06. The highest BCUT2D eigenvalue weighted by atomic mass is 35.5. The van der Waals surface area contributed by atoms with Gasteiger partial charge in [0, 0.05) is 12.1 Å². The highest BCUT2D eigenvalue weighted by molar-refractivity contribution is 6.32. The molecular weight excluding hydrogens is 264 g/mol. The average Bonchev–Trinajstić information content (AvgIpc) is 2.34. The Labute approximate surface area is 118 Å². The van der Waals surface area contributed by atoms with Crippen molar-refractivity contribution in [3.8, 4) is 0 Å². The Morgan fingerprint density at radius 1 is 1.58 bits per heavy atom. The molecule has 106 valence electrons. The van der Waals surface area contributed by atoms with Crippen molar-refractivity contribution in [2.24, 2.45) is 0 Å². The second-order valence-corrected chi connectivity index (χ2v) is 5.59. The normalized spacial score (nSPS) is 11.7. The summed E-state index contributed by atoms with van der Waals surface area (Å²) in [5.41, 5.74) is 0.190. The van der Waals surface area contributed by atoms with Gasteiger partial charge in [-0.05, 0) is 27.9 Å². The van der Waals surface area contributed by atoms with Crippen LogP contribution in [0.2, 0.25) is 5.02 Å². The van der Waals surface area contributed by atoms with Gasteiger partial charge in [0.05, 0.1) is 18.4 Å². The minimum Gasteiger partial charge on any atom is -0.381 e. The van der Waals surface area contributed by atoms with Gasteiger partial charge in [-0.3, -0.25) is 4.79 Å². The number of anilines is 1. The maximum Gasteiger partial charge on any atom is 0.287 e. The van der Waals surface area contributed by atoms with Crippen molar-refractivity contribution in [3.63, 3.8) is 0 Å². The summed E-state index contributed by atoms with van der Waals surface area (Å²) in [7, 11) is 4.01. The molecule has 1 heterocycles. The van der Waals surface area contributed by atoms with Crippen LogP contribution in [0.4, 0.5) is 5.69 Å². The number of allylic oxidation sites excluding steroid dienone is 1. The Bertz CT molecular complexity index is 508. The number of nitrogens with zero attached hydrogens (tertiary/aromatic N) is 3. The van der Waals surface area contributed by atoms with Crippen LogP contribution in [0.1, 0.15) is 13.8 Å². The molecule has 0 bridgehead atoms. The molecule has 0 amide bonds. The Balaban J connectivity index is 2.90. The number of hydrogen-bond acceptors (Lipinski definition) is 4. The molecular formula is C13H21ClN4O. The first-order valence-corrected chi connectivity index (χ1v) is 6.45. The third-order valence-electron chi connectivity index (χ3n) is 3.21. The van der Waals surface area contributed by atoms with Crippen LogP contribution in [-0.4, -0.2) is 40.9 Å². The Kier molecular flexibility index (Phi) is 5.14. The monoisotopic (exact) mass is 284 g/mol. The van der Waals surface area contributed by atoms with Gasteiger partial charge in [-0.2, -0.15) is 5.10 Å². The van der Waals surface area contributed by atoms with Gasteiger partial charge in [-0.15, -0.1) is 6.58 Å². The highest BCUT2D eigenvalue weighted by Gasteiger charge is 2.20. The molecule has 0 saturated heterocycles. The summed E-state index contributed by atoms with van der Waals surface area (Å²) in [5, 5.41) is 7.37. The maximum absolute atomic E-state index is 11.9. The van der Waals surface area contributed by atoms with E-state index in [1.165, 1.54) is 4.68 Å². The lowest BCUT2D eigenvalue weighted by Crippen LogP contribution is -2.44. The van der Waals surface area contributed by atoms with E-state index in [2.05, 4.69) is 35.7 Å². The predicted octanol–water partition coefficient (Wildman–Crippen LogP) is 1.83. The second-order valence-electron chi connectivity index (χ2n) is 5.21. The fraction of sp³-hybridized carbons (Fsp3) is 0.538. The van der Waals surface area contributed by atoms with E-state index in [9.17, 15) is 4.79 Å². The molecule has 0 aliphatic heterocycles. The molecule has 0 aliphatic rings. The molecule has 0 aliphatic carbocycles. The smallest absolute Gasteiger partial charge is 0.287 e. The third-order valence-corrected chi connectivity index (χ3v) is 3.57. The molecule has 0 fully saturated rings. The molecule has 1 rings (SSSR count). The largest absolute Gasteiger partial charge is 0.381 e. The first kappa shape index (κ1) is 15.7. The van der Waals surface area contributed by atoms with E-state index in [1.54, 1.807) is 12.3 Å². The zero-order valence-corrected chi connectivity index (χ0v) is 12.7. The van der Waals surface area contributed by atoms with E-state index in [-0.39, 0.29) is 16.1 Å². The van der Waals surface area contributed by atoms with Crippen molar-refractivity contribution in [3.05, 3.63) is 34.2 Å². The van der Waals surface area contributed by atoms with Crippen LogP contribution in [0.3, 0.4) is 0 Å². The molecule has 0 spiro atoms. The van der Waals surface area contributed by atoms with E-state index in [4.69, 9.17) is 11.6 Å². The van der Waals surface area contributed by atoms with Gasteiger partial charge in [0.25, 0.3) is 5.56 Å². The predicted molar refractivity (Wildman–Crippen MR) is 80.0 cm³/mol. The van der Waals surface area contributed by atoms with E-state index in [0.29, 0.717) is 18.8 Å². The van der Waals surface area contributed by atoms with Crippen LogP contribution in [0.5, 0.6) is 0 Å². The van der Waals surface area contributed by atoms with Gasteiger partial charge in [-0.1, -0.05) is 17.7 Å². The minimum absolute atomic E-state index is 0.0562. The van der Waals surface area contributed by atoms with Crippen LogP contribution < -0.4 is 10.9 Å². The summed E-state index contributed by atoms with van der Waals surface area (Å²) in [6.07, 6.45) is 3.17. The molecule has 5 nitrogen and oxygen atoms in total. The maximum atomic E-state index is 11.9. The molecule has 0 unspecified atom stereocenters. The van der Waals surface area contributed by atoms with Gasteiger partial charge >= 0.3 is 0 Å². The van der Waals surface area contributed by atoms with Crippen LogP contribution >= 0.6 is 11.6 Å². The molecule has 19 heavy (non-hydrogen) atoms. The molecule has 0 aromatic carbocycles. The van der Waals surface area contributed by atoms with Gasteiger partial charge in [0.2, 0.25) is 0 Å². The second kappa shape index (κ2) is 6.21. The van der Waals surface area contributed by atoms with E-state index >= 15 is 0 Å². The number of likely N-dealkylation sites (N-methyl/N-ethyl adjacent to an activating group) is 1. The summed E-state index contributed by atoms with van der Waals surface area (Å²) in [6, 6.07) is 0. The summed E-state index contributed by atoms with van der Waals surface area (Å²) in [5.74, 6) is 0. The fourth-order valence-corrected chi connectivity index (χ4v) is 1.52. The first-order valence-electron chi connectivity index (χ1n) is 6.07. The van der Waals surface area contributed by atoms with Gasteiger partial charge < -0.3 is 10.2 Å². The fourth-order valence-electron chi connectivity index (χ4n) is 1.31. The highest BCUT2D eigenvalue weighted by Crippen LogP contribution is 2.18. The van der Waals surface area contributed by atoms with E-state index < -0.39 is 0 Å². The molecule has 0 saturated carbocycles. The summed E-state index contributed by atoms with van der Waals surface area (Å²) in [6.45, 7) is 8.78. The number of aromatic nitrogens is 2. The van der Waals surface area contributed by atoms with Crippen molar-refractivity contribution >= 4 is 17.3 Å². The first-order chi connectivity index (χ1) is 8.79. The van der Waals surface area contributed by atoms with Crippen molar-refractivity contribution in [2.75, 3.05) is 26.0 Å². The van der Waals surface area contributed by atoms with E-state index in [1.807, 2.05) is 14.1 Å². The zero-order valence-electron chi connectivity index (χ0n) is 11.9. The van der Waals surface area contributed by atoms with Crippen LogP contribution in [0.15, 0.2) is 23.6 Å². The van der Waals surface area contributed by atoms with Crippen molar-refractivity contribution < 1.29 is 0 Å². The lowest BCUT2D eigenvalue weighted by molar-refractivity contribution is 0.210. The van der Waals surface area contributed by atoms with Crippen molar-refractivity contribution in [1.82, 2.24) is 14.7 Å². The Hall–Kier alpha value is -1.33. The quantitative estimate of drug-likeness (QED) is 0.810. The molecule has 1 N–H and O–H groups in total. The Morgan fingerprint density at radius 2 is 2.21 bits per heavy atom. The number of rotatable bonds is 6. The summed E-state index contributed by atoms with van der Waals surface area (Å²) in [4.78, 5) is 14.0. The average molecular weight is 285 g/mol. The van der Waals surface area contributed by atoms with Gasteiger partial charge in [0.1, 0.15) is 5.02 Å². The Morgan fingerprint density at radius 3 is 2.74 bits per heavy atom. The van der Waals surface area contributed by atoms with Gasteiger partial charge in [0.15, 0.2) is 0 Å². The summed E-state index contributed by atoms with van der Waals surface area (Å²) < 4.78 is 1.28. The number of hydrogen-bond donors (Lipinski definition) is 1. The molecule has 6 heteroatoms. The van der Waals surface area contributed by atoms with E-state index in [0.717, 1.165) is 0 Å². The molecule has 1 aromatic heterocycles. The lowest BCUT2D eigenvalue weighted by atomic mass is 10.0. The van der Waals surface area contributed by atoms with Crippen LogP contribution in [-0.2, 0) is 6.54 Å².